The zero-order valence-electron chi connectivity index (χ0n) is 9.20. The predicted molar refractivity (Wildman–Crippen MR) is 55.2 cm³/mol. The van der Waals surface area contributed by atoms with Crippen LogP contribution in [0.3, 0.4) is 0 Å². The summed E-state index contributed by atoms with van der Waals surface area (Å²) in [6.07, 6.45) is 0. The van der Waals surface area contributed by atoms with E-state index < -0.39 is 11.7 Å². The van der Waals surface area contributed by atoms with Crippen LogP contribution in [0.1, 0.15) is 13.8 Å². The second-order valence-electron chi connectivity index (χ2n) is 2.44. The second-order valence-corrected chi connectivity index (χ2v) is 2.44. The third kappa shape index (κ3) is 10.1. The van der Waals surface area contributed by atoms with Gasteiger partial charge in [0.25, 0.3) is 0 Å². The molecule has 0 amide bonds. The van der Waals surface area contributed by atoms with E-state index in [1.165, 1.54) is 7.11 Å². The summed E-state index contributed by atoms with van der Waals surface area (Å²) in [4.78, 5) is 20.4. The first kappa shape index (κ1) is 15.7. The zero-order chi connectivity index (χ0) is 12.4. The van der Waals surface area contributed by atoms with Gasteiger partial charge in [0.1, 0.15) is 0 Å². The molecule has 0 radical (unpaired) electrons. The molecule has 15 heavy (non-hydrogen) atoms. The average molecular weight is 216 g/mol. The maximum atomic E-state index is 10.2. The molecule has 0 rings (SSSR count). The van der Waals surface area contributed by atoms with Crippen LogP contribution < -0.4 is 0 Å². The largest absolute Gasteiger partial charge is 0.502 e. The van der Waals surface area contributed by atoms with Crippen molar-refractivity contribution in [2.24, 2.45) is 0 Å². The molecule has 0 aliphatic carbocycles. The van der Waals surface area contributed by atoms with Gasteiger partial charge in [-0.25, -0.2) is 9.59 Å². The summed E-state index contributed by atoms with van der Waals surface area (Å²) >= 11 is 0. The number of esters is 2. The third-order valence-electron chi connectivity index (χ3n) is 1.04. The van der Waals surface area contributed by atoms with Crippen molar-refractivity contribution in [3.63, 3.8) is 0 Å². The van der Waals surface area contributed by atoms with Gasteiger partial charge >= 0.3 is 11.9 Å². The summed E-state index contributed by atoms with van der Waals surface area (Å²) in [5.74, 6) is -1.65. The van der Waals surface area contributed by atoms with Crippen LogP contribution in [0.4, 0.5) is 0 Å². The number of ether oxygens (including phenoxy) is 2. The molecule has 0 spiro atoms. The van der Waals surface area contributed by atoms with E-state index in [9.17, 15) is 9.59 Å². The van der Waals surface area contributed by atoms with Crippen molar-refractivity contribution in [2.75, 3.05) is 13.7 Å². The number of aliphatic hydroxyl groups is 1. The lowest BCUT2D eigenvalue weighted by atomic mass is 10.4. The highest BCUT2D eigenvalue weighted by atomic mass is 16.5. The SMILES string of the molecule is C=C(C)C(=O)OC.C=C(O)C(=O)OCC. The number of carbonyl (C=O) groups is 2. The lowest BCUT2D eigenvalue weighted by molar-refractivity contribution is -0.141. The first-order valence-electron chi connectivity index (χ1n) is 4.15. The predicted octanol–water partition coefficient (Wildman–Crippen LogP) is 1.36. The molecule has 0 heterocycles. The highest BCUT2D eigenvalue weighted by Gasteiger charge is 2.01. The Balaban J connectivity index is 0. The third-order valence-corrected chi connectivity index (χ3v) is 1.04. The van der Waals surface area contributed by atoms with E-state index in [0.29, 0.717) is 5.57 Å². The summed E-state index contributed by atoms with van der Waals surface area (Å²) in [5, 5.41) is 8.28. The Morgan fingerprint density at radius 3 is 1.80 bits per heavy atom. The highest BCUT2D eigenvalue weighted by molar-refractivity contribution is 5.86. The molecule has 0 bridgehead atoms. The zero-order valence-corrected chi connectivity index (χ0v) is 9.20. The Morgan fingerprint density at radius 1 is 1.27 bits per heavy atom. The number of rotatable bonds is 3. The summed E-state index contributed by atoms with van der Waals surface area (Å²) < 4.78 is 8.59. The van der Waals surface area contributed by atoms with Gasteiger partial charge in [0.05, 0.1) is 13.7 Å². The highest BCUT2D eigenvalue weighted by Crippen LogP contribution is 1.87. The van der Waals surface area contributed by atoms with Gasteiger partial charge in [-0.3, -0.25) is 0 Å². The molecule has 0 atom stereocenters. The van der Waals surface area contributed by atoms with E-state index >= 15 is 0 Å². The van der Waals surface area contributed by atoms with Gasteiger partial charge in [-0.15, -0.1) is 0 Å². The van der Waals surface area contributed by atoms with Crippen molar-refractivity contribution >= 4 is 11.9 Å². The summed E-state index contributed by atoms with van der Waals surface area (Å²) in [6, 6.07) is 0. The van der Waals surface area contributed by atoms with Crippen LogP contribution in [-0.4, -0.2) is 30.8 Å². The molecule has 0 aliphatic rings. The molecular weight excluding hydrogens is 200 g/mol. The van der Waals surface area contributed by atoms with Gasteiger partial charge in [0, 0.05) is 5.57 Å². The number of aliphatic hydroxyl groups excluding tert-OH is 1. The van der Waals surface area contributed by atoms with Crippen LogP contribution in [0, 0.1) is 0 Å². The Morgan fingerprint density at radius 2 is 1.73 bits per heavy atom. The van der Waals surface area contributed by atoms with Gasteiger partial charge in [0.2, 0.25) is 0 Å². The molecule has 0 aromatic carbocycles. The second kappa shape index (κ2) is 8.80. The fraction of sp³-hybridized carbons (Fsp3) is 0.400. The average Bonchev–Trinajstić information content (AvgIpc) is 2.17. The van der Waals surface area contributed by atoms with E-state index in [-0.39, 0.29) is 12.6 Å². The minimum absolute atomic E-state index is 0.262. The number of hydrogen-bond donors (Lipinski definition) is 1. The molecule has 0 unspecified atom stereocenters. The molecule has 0 saturated heterocycles. The van der Waals surface area contributed by atoms with E-state index in [0.717, 1.165) is 0 Å². The van der Waals surface area contributed by atoms with Gasteiger partial charge in [0.15, 0.2) is 5.76 Å². The van der Waals surface area contributed by atoms with Crippen molar-refractivity contribution in [3.05, 3.63) is 24.5 Å². The molecule has 86 valence electrons. The number of carbonyl (C=O) groups excluding carboxylic acids is 2. The molecule has 0 aliphatic heterocycles. The monoisotopic (exact) mass is 216 g/mol. The summed E-state index contributed by atoms with van der Waals surface area (Å²) in [7, 11) is 1.33. The first-order valence-corrected chi connectivity index (χ1v) is 4.15. The van der Waals surface area contributed by atoms with Crippen LogP contribution in [-0.2, 0) is 19.1 Å². The van der Waals surface area contributed by atoms with Crippen molar-refractivity contribution < 1.29 is 24.2 Å². The van der Waals surface area contributed by atoms with Gasteiger partial charge in [-0.2, -0.15) is 0 Å². The first-order chi connectivity index (χ1) is 6.86. The van der Waals surface area contributed by atoms with Gasteiger partial charge in [-0.1, -0.05) is 6.58 Å². The maximum absolute atomic E-state index is 10.2. The van der Waals surface area contributed by atoms with Crippen LogP contribution in [0.15, 0.2) is 24.5 Å². The topological polar surface area (TPSA) is 72.8 Å². The molecule has 1 N–H and O–H groups in total. The van der Waals surface area contributed by atoms with Crippen LogP contribution in [0.25, 0.3) is 0 Å². The Bertz CT molecular complexity index is 255. The fourth-order valence-corrected chi connectivity index (χ4v) is 0.389. The van der Waals surface area contributed by atoms with E-state index in [1.54, 1.807) is 13.8 Å². The van der Waals surface area contributed by atoms with Crippen molar-refractivity contribution in [1.82, 2.24) is 0 Å². The van der Waals surface area contributed by atoms with E-state index in [2.05, 4.69) is 22.6 Å². The lowest BCUT2D eigenvalue weighted by Gasteiger charge is -1.95. The molecule has 5 heteroatoms. The van der Waals surface area contributed by atoms with E-state index in [4.69, 9.17) is 5.11 Å². The molecule has 0 saturated carbocycles. The van der Waals surface area contributed by atoms with E-state index in [1.807, 2.05) is 0 Å². The lowest BCUT2D eigenvalue weighted by Crippen LogP contribution is -2.05. The maximum Gasteiger partial charge on any atom is 0.372 e. The van der Waals surface area contributed by atoms with Crippen LogP contribution >= 0.6 is 0 Å². The van der Waals surface area contributed by atoms with Crippen molar-refractivity contribution in [2.45, 2.75) is 13.8 Å². The van der Waals surface area contributed by atoms with Gasteiger partial charge < -0.3 is 14.6 Å². The number of hydrogen-bond acceptors (Lipinski definition) is 5. The summed E-state index contributed by atoms with van der Waals surface area (Å²) in [5.41, 5.74) is 0.433. The van der Waals surface area contributed by atoms with Crippen molar-refractivity contribution in [3.8, 4) is 0 Å². The molecular formula is C10H16O5. The van der Waals surface area contributed by atoms with Gasteiger partial charge in [-0.05, 0) is 20.4 Å². The summed E-state index contributed by atoms with van der Waals surface area (Å²) in [6.45, 7) is 9.82. The molecule has 0 aromatic rings. The Hall–Kier alpha value is -1.78. The fourth-order valence-electron chi connectivity index (χ4n) is 0.389. The molecule has 5 nitrogen and oxygen atoms in total. The molecule has 0 aromatic heterocycles. The Labute approximate surface area is 89.0 Å². The van der Waals surface area contributed by atoms with Crippen LogP contribution in [0.2, 0.25) is 0 Å². The number of methoxy groups -OCH3 is 1. The quantitative estimate of drug-likeness (QED) is 0.438. The normalized spacial score (nSPS) is 7.93. The minimum atomic E-state index is -0.757. The van der Waals surface area contributed by atoms with Crippen LogP contribution in [0.5, 0.6) is 0 Å². The minimum Gasteiger partial charge on any atom is -0.502 e. The molecule has 0 fully saturated rings. The Kier molecular flexibility index (Phi) is 9.20. The van der Waals surface area contributed by atoms with Crippen molar-refractivity contribution in [1.29, 1.82) is 0 Å². The smallest absolute Gasteiger partial charge is 0.372 e. The standard InChI is InChI=1S/C5H8O3.C5H8O2/c1-3-8-5(7)4(2)6;1-4(2)5(6)7-3/h6H,2-3H2,1H3;1H2,2-3H3.